The number of benzene rings is 1. The molecule has 6 heteroatoms. The third-order valence-corrected chi connectivity index (χ3v) is 3.03. The highest BCUT2D eigenvalue weighted by atomic mass is 35.5. The van der Waals surface area contributed by atoms with Crippen LogP contribution in [0.15, 0.2) is 24.4 Å². The highest BCUT2D eigenvalue weighted by Crippen LogP contribution is 2.25. The first kappa shape index (κ1) is 12.6. The van der Waals surface area contributed by atoms with Crippen LogP contribution in [0, 0.1) is 6.92 Å². The molecule has 0 radical (unpaired) electrons. The molecule has 1 aromatic heterocycles. The van der Waals surface area contributed by atoms with Crippen molar-refractivity contribution in [3.63, 3.8) is 0 Å². The van der Waals surface area contributed by atoms with Crippen molar-refractivity contribution >= 4 is 17.5 Å². The van der Waals surface area contributed by atoms with Gasteiger partial charge in [0.2, 0.25) is 0 Å². The molecule has 0 atom stereocenters. The Bertz CT molecular complexity index is 606. The fraction of sp³-hybridized carbons (Fsp3) is 0.167. The monoisotopic (exact) mass is 264 g/mol. The molecule has 2 rings (SSSR count). The molecule has 94 valence electrons. The van der Waals surface area contributed by atoms with Crippen LogP contribution in [-0.4, -0.2) is 15.5 Å². The van der Waals surface area contributed by atoms with E-state index < -0.39 is 0 Å². The maximum Gasteiger partial charge on any atom is 0.265 e. The maximum atomic E-state index is 11.5. The van der Waals surface area contributed by atoms with Crippen molar-refractivity contribution in [2.45, 2.75) is 6.92 Å². The first-order chi connectivity index (χ1) is 8.52. The largest absolute Gasteiger partial charge is 0.331 e. The Kier molecular flexibility index (Phi) is 3.36. The normalized spacial score (nSPS) is 10.4. The molecule has 0 aliphatic carbocycles. The number of nitrogens with zero attached hydrogens (tertiary/aromatic N) is 2. The summed E-state index contributed by atoms with van der Waals surface area (Å²) in [6.45, 7) is 1.90. The van der Waals surface area contributed by atoms with Gasteiger partial charge in [-0.2, -0.15) is 0 Å². The van der Waals surface area contributed by atoms with Crippen LogP contribution in [0.1, 0.15) is 16.2 Å². The van der Waals surface area contributed by atoms with E-state index in [4.69, 9.17) is 17.4 Å². The summed E-state index contributed by atoms with van der Waals surface area (Å²) in [5, 5.41) is 0.477. The van der Waals surface area contributed by atoms with Gasteiger partial charge in [-0.1, -0.05) is 11.6 Å². The minimum absolute atomic E-state index is 0.377. The standard InChI is InChI=1S/C12H13ClN4O/c1-7-15-6-11(17(7)2)8-3-9(12(18)16-14)5-10(13)4-8/h3-6H,14H2,1-2H3,(H,16,18). The molecule has 0 spiro atoms. The molecule has 18 heavy (non-hydrogen) atoms. The van der Waals surface area contributed by atoms with Gasteiger partial charge in [-0.15, -0.1) is 0 Å². The SMILES string of the molecule is Cc1ncc(-c2cc(Cl)cc(C(=O)NN)c2)n1C. The van der Waals surface area contributed by atoms with Crippen molar-refractivity contribution in [2.75, 3.05) is 0 Å². The average Bonchev–Trinajstić information content (AvgIpc) is 2.68. The predicted molar refractivity (Wildman–Crippen MR) is 70.0 cm³/mol. The number of halogens is 1. The van der Waals surface area contributed by atoms with Crippen LogP contribution in [0.2, 0.25) is 5.02 Å². The quantitative estimate of drug-likeness (QED) is 0.492. The molecule has 2 aromatic rings. The van der Waals surface area contributed by atoms with Crippen molar-refractivity contribution in [2.24, 2.45) is 12.9 Å². The Labute approximate surface area is 110 Å². The smallest absolute Gasteiger partial charge is 0.265 e. The number of carbonyl (C=O) groups is 1. The molecule has 0 aliphatic heterocycles. The van der Waals surface area contributed by atoms with E-state index in [9.17, 15) is 4.79 Å². The van der Waals surface area contributed by atoms with Gasteiger partial charge in [0.15, 0.2) is 0 Å². The molecule has 0 bridgehead atoms. The fourth-order valence-electron chi connectivity index (χ4n) is 1.72. The second-order valence-corrected chi connectivity index (χ2v) is 4.39. The number of hydrogen-bond donors (Lipinski definition) is 2. The zero-order valence-corrected chi connectivity index (χ0v) is 10.8. The summed E-state index contributed by atoms with van der Waals surface area (Å²) in [6.07, 6.45) is 1.74. The Hall–Kier alpha value is -1.85. The number of hydrogen-bond acceptors (Lipinski definition) is 3. The molecule has 0 aliphatic rings. The number of nitrogens with one attached hydrogen (secondary N) is 1. The molecular formula is C12H13ClN4O. The van der Waals surface area contributed by atoms with E-state index in [2.05, 4.69) is 10.4 Å². The van der Waals surface area contributed by atoms with Gasteiger partial charge in [0.05, 0.1) is 11.9 Å². The zero-order valence-electron chi connectivity index (χ0n) is 10.1. The number of imidazole rings is 1. The first-order valence-corrected chi connectivity index (χ1v) is 5.71. The minimum Gasteiger partial charge on any atom is -0.331 e. The Morgan fingerprint density at radius 2 is 2.17 bits per heavy atom. The van der Waals surface area contributed by atoms with Crippen molar-refractivity contribution < 1.29 is 4.79 Å². The second-order valence-electron chi connectivity index (χ2n) is 3.95. The predicted octanol–water partition coefficient (Wildman–Crippen LogP) is 1.65. The number of aromatic nitrogens is 2. The van der Waals surface area contributed by atoms with Gasteiger partial charge in [-0.05, 0) is 25.1 Å². The van der Waals surface area contributed by atoms with Crippen molar-refractivity contribution in [3.05, 3.63) is 40.8 Å². The maximum absolute atomic E-state index is 11.5. The average molecular weight is 265 g/mol. The lowest BCUT2D eigenvalue weighted by Crippen LogP contribution is -2.29. The van der Waals surface area contributed by atoms with Gasteiger partial charge < -0.3 is 4.57 Å². The summed E-state index contributed by atoms with van der Waals surface area (Å²) >= 11 is 6.01. The number of nitrogen functional groups attached to an aromatic ring is 1. The number of hydrazine groups is 1. The molecule has 1 heterocycles. The fourth-order valence-corrected chi connectivity index (χ4v) is 1.96. The van der Waals surface area contributed by atoms with Crippen molar-refractivity contribution in [1.29, 1.82) is 0 Å². The van der Waals surface area contributed by atoms with Crippen LogP contribution in [0.3, 0.4) is 0 Å². The van der Waals surface area contributed by atoms with Gasteiger partial charge in [0.25, 0.3) is 5.91 Å². The summed E-state index contributed by atoms with van der Waals surface area (Å²) in [4.78, 5) is 15.7. The van der Waals surface area contributed by atoms with Crippen LogP contribution in [0.25, 0.3) is 11.3 Å². The Morgan fingerprint density at radius 3 is 2.72 bits per heavy atom. The second kappa shape index (κ2) is 4.80. The third-order valence-electron chi connectivity index (χ3n) is 2.81. The highest BCUT2D eigenvalue weighted by Gasteiger charge is 2.11. The van der Waals surface area contributed by atoms with E-state index in [1.807, 2.05) is 18.5 Å². The molecule has 3 N–H and O–H groups in total. The lowest BCUT2D eigenvalue weighted by atomic mass is 10.1. The number of amides is 1. The van der Waals surface area contributed by atoms with E-state index in [1.54, 1.807) is 24.4 Å². The molecular weight excluding hydrogens is 252 g/mol. The van der Waals surface area contributed by atoms with Gasteiger partial charge in [-0.25, -0.2) is 10.8 Å². The van der Waals surface area contributed by atoms with Crippen LogP contribution >= 0.6 is 11.6 Å². The molecule has 0 saturated carbocycles. The summed E-state index contributed by atoms with van der Waals surface area (Å²) in [5.41, 5.74) is 4.22. The Morgan fingerprint density at radius 1 is 1.44 bits per heavy atom. The lowest BCUT2D eigenvalue weighted by Gasteiger charge is -2.07. The van der Waals surface area contributed by atoms with Gasteiger partial charge in [-0.3, -0.25) is 10.2 Å². The molecule has 1 aromatic carbocycles. The van der Waals surface area contributed by atoms with E-state index in [1.165, 1.54) is 0 Å². The summed E-state index contributed by atoms with van der Waals surface area (Å²) in [6, 6.07) is 5.08. The van der Waals surface area contributed by atoms with Crippen LogP contribution in [-0.2, 0) is 7.05 Å². The number of rotatable bonds is 2. The van der Waals surface area contributed by atoms with Crippen LogP contribution in [0.4, 0.5) is 0 Å². The van der Waals surface area contributed by atoms with Crippen molar-refractivity contribution in [3.8, 4) is 11.3 Å². The van der Waals surface area contributed by atoms with Crippen LogP contribution in [0.5, 0.6) is 0 Å². The summed E-state index contributed by atoms with van der Waals surface area (Å²) < 4.78 is 1.93. The first-order valence-electron chi connectivity index (χ1n) is 5.33. The van der Waals surface area contributed by atoms with E-state index in [0.29, 0.717) is 10.6 Å². The molecule has 0 fully saturated rings. The molecule has 0 unspecified atom stereocenters. The number of carbonyl (C=O) groups excluding carboxylic acids is 1. The zero-order chi connectivity index (χ0) is 13.3. The number of nitrogens with two attached hydrogens (primary N) is 1. The molecule has 5 nitrogen and oxygen atoms in total. The highest BCUT2D eigenvalue weighted by molar-refractivity contribution is 6.31. The van der Waals surface area contributed by atoms with Gasteiger partial charge in [0, 0.05) is 23.2 Å². The van der Waals surface area contributed by atoms with E-state index in [-0.39, 0.29) is 5.91 Å². The lowest BCUT2D eigenvalue weighted by molar-refractivity contribution is 0.0953. The molecule has 1 amide bonds. The van der Waals surface area contributed by atoms with Crippen molar-refractivity contribution in [1.82, 2.24) is 15.0 Å². The van der Waals surface area contributed by atoms with Crippen LogP contribution < -0.4 is 11.3 Å². The molecule has 0 saturated heterocycles. The Balaban J connectivity index is 2.55. The minimum atomic E-state index is -0.377. The van der Waals surface area contributed by atoms with E-state index in [0.717, 1.165) is 17.1 Å². The summed E-state index contributed by atoms with van der Waals surface area (Å²) in [5.74, 6) is 5.62. The van der Waals surface area contributed by atoms with E-state index >= 15 is 0 Å². The van der Waals surface area contributed by atoms with Gasteiger partial charge in [0.1, 0.15) is 5.82 Å². The third kappa shape index (κ3) is 2.23. The summed E-state index contributed by atoms with van der Waals surface area (Å²) in [7, 11) is 1.90. The number of aryl methyl sites for hydroxylation is 1. The topological polar surface area (TPSA) is 72.9 Å². The van der Waals surface area contributed by atoms with Gasteiger partial charge >= 0.3 is 0 Å².